The third-order valence-electron chi connectivity index (χ3n) is 3.13. The zero-order chi connectivity index (χ0) is 17.8. The van der Waals surface area contributed by atoms with Crippen molar-refractivity contribution in [1.82, 2.24) is 20.4 Å². The molecule has 0 fully saturated rings. The van der Waals surface area contributed by atoms with Gasteiger partial charge in [0, 0.05) is 17.3 Å². The molecule has 0 bridgehead atoms. The number of rotatable bonds is 3. The van der Waals surface area contributed by atoms with Crippen LogP contribution in [0, 0.1) is 24.6 Å². The van der Waals surface area contributed by atoms with Gasteiger partial charge in [-0.25, -0.2) is 19.3 Å². The van der Waals surface area contributed by atoms with Crippen LogP contribution in [0.2, 0.25) is 0 Å². The molecule has 0 aliphatic carbocycles. The molecule has 2 heterocycles. The third kappa shape index (κ3) is 3.79. The first-order chi connectivity index (χ1) is 12.0. The molecule has 2 N–H and O–H groups in total. The van der Waals surface area contributed by atoms with Crippen LogP contribution < -0.4 is 4.74 Å². The number of ether oxygens (including phenoxy) is 1. The van der Waals surface area contributed by atoms with Crippen LogP contribution in [0.1, 0.15) is 27.2 Å². The van der Waals surface area contributed by atoms with Crippen molar-refractivity contribution in [3.05, 3.63) is 64.7 Å². The fourth-order valence-electron chi connectivity index (χ4n) is 1.87. The van der Waals surface area contributed by atoms with E-state index >= 15 is 0 Å². The second kappa shape index (κ2) is 6.80. The standard InChI is InChI=1S/C17H11FN4O3/c1-10-2-4-11(5-3-10)6-7-12-8-13(18)15(19-9-12)25-16-14(17(23)24)20-22-21-16/h2-5,8-9H,1H3,(H,23,24)(H,20,21,22). The number of hydrogen-bond acceptors (Lipinski definition) is 5. The molecule has 0 spiro atoms. The number of nitrogens with one attached hydrogen (secondary N) is 1. The minimum Gasteiger partial charge on any atom is -0.476 e. The first-order valence-electron chi connectivity index (χ1n) is 7.09. The lowest BCUT2D eigenvalue weighted by Crippen LogP contribution is -2.01. The number of nitrogens with zero attached hydrogens (tertiary/aromatic N) is 3. The molecule has 7 nitrogen and oxygen atoms in total. The second-order valence-corrected chi connectivity index (χ2v) is 5.03. The number of aromatic carboxylic acids is 1. The number of H-pyrrole nitrogens is 1. The minimum atomic E-state index is -1.33. The van der Waals surface area contributed by atoms with Gasteiger partial charge in [0.2, 0.25) is 5.69 Å². The zero-order valence-corrected chi connectivity index (χ0v) is 12.9. The SMILES string of the molecule is Cc1ccc(C#Cc2cnc(Oc3nn[nH]c3C(=O)O)c(F)c2)cc1. The summed E-state index contributed by atoms with van der Waals surface area (Å²) in [6.45, 7) is 1.97. The van der Waals surface area contributed by atoms with Gasteiger partial charge in [-0.2, -0.15) is 0 Å². The topological polar surface area (TPSA) is 101 Å². The van der Waals surface area contributed by atoms with Gasteiger partial charge in [-0.1, -0.05) is 39.8 Å². The molecular formula is C17H11FN4O3. The fourth-order valence-corrected chi connectivity index (χ4v) is 1.87. The number of aryl methyl sites for hydroxylation is 1. The Hall–Kier alpha value is -3.73. The van der Waals surface area contributed by atoms with Crippen molar-refractivity contribution >= 4 is 5.97 Å². The molecule has 124 valence electrons. The molecular weight excluding hydrogens is 327 g/mol. The summed E-state index contributed by atoms with van der Waals surface area (Å²) in [6, 6.07) is 8.72. The van der Waals surface area contributed by atoms with E-state index in [0.29, 0.717) is 5.56 Å². The van der Waals surface area contributed by atoms with Crippen molar-refractivity contribution in [3.8, 4) is 23.6 Å². The molecule has 0 amide bonds. The van der Waals surface area contributed by atoms with Crippen LogP contribution in [-0.4, -0.2) is 31.5 Å². The number of pyridine rings is 1. The van der Waals surface area contributed by atoms with Crippen molar-refractivity contribution in [2.24, 2.45) is 0 Å². The van der Waals surface area contributed by atoms with E-state index in [1.54, 1.807) is 0 Å². The maximum Gasteiger partial charge on any atom is 0.359 e. The molecule has 0 aliphatic heterocycles. The van der Waals surface area contributed by atoms with Gasteiger partial charge in [0.15, 0.2) is 5.82 Å². The normalized spacial score (nSPS) is 10.0. The molecule has 1 aromatic carbocycles. The highest BCUT2D eigenvalue weighted by Gasteiger charge is 2.18. The van der Waals surface area contributed by atoms with Gasteiger partial charge in [-0.05, 0) is 25.1 Å². The number of carboxylic acids is 1. The van der Waals surface area contributed by atoms with E-state index in [2.05, 4.69) is 32.2 Å². The minimum absolute atomic E-state index is 0.351. The molecule has 8 heteroatoms. The van der Waals surface area contributed by atoms with Gasteiger partial charge in [0.25, 0.3) is 11.8 Å². The predicted molar refractivity (Wildman–Crippen MR) is 84.8 cm³/mol. The summed E-state index contributed by atoms with van der Waals surface area (Å²) < 4.78 is 19.1. The average Bonchev–Trinajstić information content (AvgIpc) is 3.05. The van der Waals surface area contributed by atoms with Gasteiger partial charge in [0.05, 0.1) is 0 Å². The van der Waals surface area contributed by atoms with Crippen molar-refractivity contribution in [2.75, 3.05) is 0 Å². The van der Waals surface area contributed by atoms with E-state index in [1.807, 2.05) is 31.2 Å². The molecule has 0 atom stereocenters. The molecule has 0 saturated heterocycles. The number of carboxylic acid groups (broad SMARTS) is 1. The van der Waals surface area contributed by atoms with E-state index in [-0.39, 0.29) is 5.88 Å². The fraction of sp³-hybridized carbons (Fsp3) is 0.0588. The molecule has 0 radical (unpaired) electrons. The Kier molecular flexibility index (Phi) is 4.39. The number of aromatic nitrogens is 4. The van der Waals surface area contributed by atoms with Crippen LogP contribution in [-0.2, 0) is 0 Å². The Morgan fingerprint density at radius 3 is 2.60 bits per heavy atom. The van der Waals surface area contributed by atoms with E-state index in [4.69, 9.17) is 9.84 Å². The summed E-state index contributed by atoms with van der Waals surface area (Å²) in [7, 11) is 0. The largest absolute Gasteiger partial charge is 0.476 e. The van der Waals surface area contributed by atoms with Gasteiger partial charge >= 0.3 is 5.97 Å². The van der Waals surface area contributed by atoms with E-state index < -0.39 is 23.4 Å². The zero-order valence-electron chi connectivity index (χ0n) is 12.9. The predicted octanol–water partition coefficient (Wildman–Crippen LogP) is 2.54. The van der Waals surface area contributed by atoms with E-state index in [0.717, 1.165) is 17.2 Å². The summed E-state index contributed by atoms with van der Waals surface area (Å²) in [6.07, 6.45) is 1.32. The van der Waals surface area contributed by atoms with Crippen molar-refractivity contribution in [3.63, 3.8) is 0 Å². The maximum absolute atomic E-state index is 14.1. The van der Waals surface area contributed by atoms with Gasteiger partial charge in [-0.3, -0.25) is 0 Å². The third-order valence-corrected chi connectivity index (χ3v) is 3.13. The summed E-state index contributed by atoms with van der Waals surface area (Å²) >= 11 is 0. The smallest absolute Gasteiger partial charge is 0.359 e. The summed E-state index contributed by atoms with van der Waals surface area (Å²) in [5.74, 6) is 2.78. The summed E-state index contributed by atoms with van der Waals surface area (Å²) in [4.78, 5) is 14.7. The maximum atomic E-state index is 14.1. The number of hydrogen-bond donors (Lipinski definition) is 2. The first kappa shape index (κ1) is 16.1. The van der Waals surface area contributed by atoms with Gasteiger partial charge < -0.3 is 9.84 Å². The molecule has 25 heavy (non-hydrogen) atoms. The van der Waals surface area contributed by atoms with Crippen LogP contribution in [0.15, 0.2) is 36.5 Å². The molecule has 3 rings (SSSR count). The van der Waals surface area contributed by atoms with Gasteiger partial charge in [-0.15, -0.1) is 0 Å². The van der Waals surface area contributed by atoms with Crippen molar-refractivity contribution in [2.45, 2.75) is 6.92 Å². The van der Waals surface area contributed by atoms with Crippen LogP contribution in [0.25, 0.3) is 0 Å². The number of aromatic amines is 1. The van der Waals surface area contributed by atoms with Crippen LogP contribution in [0.4, 0.5) is 4.39 Å². The molecule has 0 aliphatic rings. The number of benzene rings is 1. The van der Waals surface area contributed by atoms with Crippen molar-refractivity contribution in [1.29, 1.82) is 0 Å². The summed E-state index contributed by atoms with van der Waals surface area (Å²) in [5.41, 5.74) is 1.86. The Bertz CT molecular complexity index is 987. The van der Waals surface area contributed by atoms with Crippen LogP contribution in [0.5, 0.6) is 11.8 Å². The van der Waals surface area contributed by atoms with Crippen molar-refractivity contribution < 1.29 is 19.0 Å². The van der Waals surface area contributed by atoms with E-state index in [9.17, 15) is 9.18 Å². The lowest BCUT2D eigenvalue weighted by Gasteiger charge is -2.03. The Balaban J connectivity index is 1.80. The lowest BCUT2D eigenvalue weighted by atomic mass is 10.1. The second-order valence-electron chi connectivity index (χ2n) is 5.03. The number of halogens is 1. The van der Waals surface area contributed by atoms with Gasteiger partial charge in [0.1, 0.15) is 0 Å². The highest BCUT2D eigenvalue weighted by Crippen LogP contribution is 2.22. The lowest BCUT2D eigenvalue weighted by molar-refractivity contribution is 0.0687. The quantitative estimate of drug-likeness (QED) is 0.712. The Labute approximate surface area is 141 Å². The van der Waals surface area contributed by atoms with E-state index in [1.165, 1.54) is 6.20 Å². The highest BCUT2D eigenvalue weighted by atomic mass is 19.1. The Morgan fingerprint density at radius 2 is 1.92 bits per heavy atom. The molecule has 0 saturated carbocycles. The Morgan fingerprint density at radius 1 is 1.20 bits per heavy atom. The van der Waals surface area contributed by atoms with Crippen LogP contribution in [0.3, 0.4) is 0 Å². The monoisotopic (exact) mass is 338 g/mol. The molecule has 3 aromatic rings. The number of carbonyl (C=O) groups is 1. The summed E-state index contributed by atoms with van der Waals surface area (Å²) in [5, 5.41) is 17.8. The van der Waals surface area contributed by atoms with Crippen LogP contribution >= 0.6 is 0 Å². The molecule has 0 unspecified atom stereocenters. The first-order valence-corrected chi connectivity index (χ1v) is 7.09. The average molecular weight is 338 g/mol. The molecule has 2 aromatic heterocycles. The highest BCUT2D eigenvalue weighted by molar-refractivity contribution is 5.87.